The molecule has 3 unspecified atom stereocenters. The largest absolute Gasteiger partial charge is 0.416 e. The van der Waals surface area contributed by atoms with Crippen molar-refractivity contribution in [1.29, 1.82) is 0 Å². The Morgan fingerprint density at radius 2 is 1.62 bits per heavy atom. The summed E-state index contributed by atoms with van der Waals surface area (Å²) >= 11 is 0. The van der Waals surface area contributed by atoms with Gasteiger partial charge in [-0.25, -0.2) is 0 Å². The first-order valence-electron chi connectivity index (χ1n) is 12.0. The van der Waals surface area contributed by atoms with E-state index in [-0.39, 0.29) is 31.3 Å². The molecule has 3 atom stereocenters. The number of aliphatic hydroxyl groups excluding tert-OH is 1. The van der Waals surface area contributed by atoms with Gasteiger partial charge < -0.3 is 15.0 Å². The monoisotopic (exact) mass is 525 g/mol. The van der Waals surface area contributed by atoms with Gasteiger partial charge >= 0.3 is 12.4 Å². The lowest BCUT2D eigenvalue weighted by Gasteiger charge is -2.45. The van der Waals surface area contributed by atoms with E-state index in [2.05, 4.69) is 9.88 Å². The standard InChI is InChI=1S/C26H25F6N3O2/c27-25(28,29)17-7-15(8-18(10-17)26(30,31)32)24(37)35-12-19-5-6-20(14-36)34(19)13-21(35)9-16-11-33-23-4-2-1-3-22(16)23/h1-4,7-8,10-11,19-21,33,36H,5-6,9,12-14H2. The van der Waals surface area contributed by atoms with Crippen LogP contribution in [0.25, 0.3) is 10.9 Å². The molecule has 1 amide bonds. The number of piperazine rings is 1. The van der Waals surface area contributed by atoms with Gasteiger partial charge in [-0.2, -0.15) is 26.3 Å². The molecule has 1 aromatic heterocycles. The second-order valence-electron chi connectivity index (χ2n) is 9.73. The Morgan fingerprint density at radius 3 is 2.27 bits per heavy atom. The van der Waals surface area contributed by atoms with Gasteiger partial charge in [0, 0.05) is 53.9 Å². The lowest BCUT2D eigenvalue weighted by atomic mass is 9.97. The van der Waals surface area contributed by atoms with E-state index in [0.717, 1.165) is 16.5 Å². The summed E-state index contributed by atoms with van der Waals surface area (Å²) in [5.74, 6) is -0.867. The molecule has 37 heavy (non-hydrogen) atoms. The van der Waals surface area contributed by atoms with Crippen LogP contribution in [-0.4, -0.2) is 63.6 Å². The van der Waals surface area contributed by atoms with E-state index in [1.165, 1.54) is 4.90 Å². The van der Waals surface area contributed by atoms with E-state index in [9.17, 15) is 36.2 Å². The Balaban J connectivity index is 1.53. The van der Waals surface area contributed by atoms with Crippen molar-refractivity contribution in [3.8, 4) is 0 Å². The Hall–Kier alpha value is -3.05. The summed E-state index contributed by atoms with van der Waals surface area (Å²) in [5, 5.41) is 10.7. The first-order chi connectivity index (χ1) is 17.5. The Bertz CT molecular complexity index is 1270. The maximum Gasteiger partial charge on any atom is 0.416 e. The molecule has 11 heteroatoms. The zero-order valence-corrected chi connectivity index (χ0v) is 19.6. The molecular weight excluding hydrogens is 500 g/mol. The number of rotatable bonds is 4. The summed E-state index contributed by atoms with van der Waals surface area (Å²) < 4.78 is 80.7. The number of para-hydroxylation sites is 1. The predicted octanol–water partition coefficient (Wildman–Crippen LogP) is 5.10. The van der Waals surface area contributed by atoms with Gasteiger partial charge in [0.1, 0.15) is 0 Å². The number of benzene rings is 2. The van der Waals surface area contributed by atoms with Crippen molar-refractivity contribution < 1.29 is 36.2 Å². The number of nitrogens with zero attached hydrogens (tertiary/aromatic N) is 2. The van der Waals surface area contributed by atoms with Crippen LogP contribution >= 0.6 is 0 Å². The maximum atomic E-state index is 13.6. The average Bonchev–Trinajstić information content (AvgIpc) is 3.45. The second kappa shape index (κ2) is 9.36. The summed E-state index contributed by atoms with van der Waals surface area (Å²) in [5.41, 5.74) is -1.91. The van der Waals surface area contributed by atoms with Crippen LogP contribution in [0.4, 0.5) is 26.3 Å². The fraction of sp³-hybridized carbons (Fsp3) is 0.423. The molecule has 0 radical (unpaired) electrons. The lowest BCUT2D eigenvalue weighted by Crippen LogP contribution is -2.60. The van der Waals surface area contributed by atoms with Gasteiger partial charge in [-0.1, -0.05) is 18.2 Å². The summed E-state index contributed by atoms with van der Waals surface area (Å²) in [6.45, 7) is 0.443. The summed E-state index contributed by atoms with van der Waals surface area (Å²) in [6, 6.07) is 7.81. The normalized spacial score (nSPS) is 23.0. The molecule has 3 aromatic rings. The molecule has 5 nitrogen and oxygen atoms in total. The fourth-order valence-electron chi connectivity index (χ4n) is 5.65. The van der Waals surface area contributed by atoms with Crippen LogP contribution in [0.15, 0.2) is 48.7 Å². The van der Waals surface area contributed by atoms with Crippen molar-refractivity contribution in [3.63, 3.8) is 0 Å². The zero-order chi connectivity index (χ0) is 26.5. The molecule has 3 heterocycles. The molecule has 5 rings (SSSR count). The molecule has 0 saturated carbocycles. The number of carbonyl (C=O) groups excluding carboxylic acids is 1. The molecule has 2 saturated heterocycles. The van der Waals surface area contributed by atoms with Crippen LogP contribution in [0.5, 0.6) is 0 Å². The Morgan fingerprint density at radius 1 is 0.946 bits per heavy atom. The van der Waals surface area contributed by atoms with Crippen LogP contribution in [0.3, 0.4) is 0 Å². The smallest absolute Gasteiger partial charge is 0.395 e. The van der Waals surface area contributed by atoms with Gasteiger partial charge in [0.2, 0.25) is 0 Å². The highest BCUT2D eigenvalue weighted by molar-refractivity contribution is 5.95. The molecule has 2 fully saturated rings. The SMILES string of the molecule is O=C(c1cc(C(F)(F)F)cc(C(F)(F)F)c1)N1CC2CCC(CO)N2CC1Cc1c[nH]c2ccccc12. The third-order valence-electron chi connectivity index (χ3n) is 7.48. The van der Waals surface area contributed by atoms with Crippen LogP contribution in [0.2, 0.25) is 0 Å². The van der Waals surface area contributed by atoms with Crippen molar-refractivity contribution in [2.75, 3.05) is 19.7 Å². The molecular formula is C26H25F6N3O2. The van der Waals surface area contributed by atoms with Gasteiger partial charge in [0.15, 0.2) is 0 Å². The van der Waals surface area contributed by atoms with Gasteiger partial charge in [0.05, 0.1) is 17.7 Å². The highest BCUT2D eigenvalue weighted by atomic mass is 19.4. The van der Waals surface area contributed by atoms with Crippen LogP contribution in [0.1, 0.15) is 39.9 Å². The minimum atomic E-state index is -5.04. The third-order valence-corrected chi connectivity index (χ3v) is 7.48. The molecule has 2 aliphatic rings. The molecule has 0 spiro atoms. The van der Waals surface area contributed by atoms with Gasteiger partial charge in [-0.15, -0.1) is 0 Å². The molecule has 2 aliphatic heterocycles. The number of aromatic nitrogens is 1. The minimum absolute atomic E-state index is 0.0287. The molecule has 2 aromatic carbocycles. The molecule has 0 bridgehead atoms. The van der Waals surface area contributed by atoms with Crippen molar-refractivity contribution in [3.05, 3.63) is 70.9 Å². The number of halogens is 6. The lowest BCUT2D eigenvalue weighted by molar-refractivity contribution is -0.143. The predicted molar refractivity (Wildman–Crippen MR) is 124 cm³/mol. The van der Waals surface area contributed by atoms with Crippen molar-refractivity contribution in [2.45, 2.75) is 49.7 Å². The first kappa shape index (κ1) is 25.6. The van der Waals surface area contributed by atoms with Crippen molar-refractivity contribution >= 4 is 16.8 Å². The molecule has 2 N–H and O–H groups in total. The van der Waals surface area contributed by atoms with Gasteiger partial charge in [-0.05, 0) is 49.1 Å². The summed E-state index contributed by atoms with van der Waals surface area (Å²) in [7, 11) is 0. The number of amides is 1. The van der Waals surface area contributed by atoms with Crippen LogP contribution in [-0.2, 0) is 18.8 Å². The van der Waals surface area contributed by atoms with E-state index < -0.39 is 41.0 Å². The number of aliphatic hydroxyl groups is 1. The first-order valence-corrected chi connectivity index (χ1v) is 12.0. The number of aromatic amines is 1. The number of fused-ring (bicyclic) bond motifs is 2. The highest BCUT2D eigenvalue weighted by Crippen LogP contribution is 2.38. The maximum absolute atomic E-state index is 13.6. The number of H-pyrrole nitrogens is 1. The number of hydrogen-bond donors (Lipinski definition) is 2. The molecule has 198 valence electrons. The van der Waals surface area contributed by atoms with E-state index in [4.69, 9.17) is 0 Å². The van der Waals surface area contributed by atoms with Crippen molar-refractivity contribution in [2.24, 2.45) is 0 Å². The minimum Gasteiger partial charge on any atom is -0.395 e. The average molecular weight is 525 g/mol. The zero-order valence-electron chi connectivity index (χ0n) is 19.6. The van der Waals surface area contributed by atoms with Gasteiger partial charge in [-0.3, -0.25) is 9.69 Å². The van der Waals surface area contributed by atoms with Crippen LogP contribution < -0.4 is 0 Å². The van der Waals surface area contributed by atoms with Crippen molar-refractivity contribution in [1.82, 2.24) is 14.8 Å². The highest BCUT2D eigenvalue weighted by Gasteiger charge is 2.44. The second-order valence-corrected chi connectivity index (χ2v) is 9.73. The number of hydrogen-bond acceptors (Lipinski definition) is 3. The molecule has 0 aliphatic carbocycles. The quantitative estimate of drug-likeness (QED) is 0.467. The van der Waals surface area contributed by atoms with Gasteiger partial charge in [0.25, 0.3) is 5.91 Å². The number of carbonyl (C=O) groups is 1. The number of alkyl halides is 6. The number of nitrogens with one attached hydrogen (secondary N) is 1. The Kier molecular flexibility index (Phi) is 6.47. The summed E-state index contributed by atoms with van der Waals surface area (Å²) in [6.07, 6.45) is -6.56. The van der Waals surface area contributed by atoms with Crippen LogP contribution in [0, 0.1) is 0 Å². The van der Waals surface area contributed by atoms with E-state index in [1.54, 1.807) is 6.20 Å². The topological polar surface area (TPSA) is 59.6 Å². The third kappa shape index (κ3) is 4.94. The van der Waals surface area contributed by atoms with E-state index in [1.807, 2.05) is 24.3 Å². The van der Waals surface area contributed by atoms with E-state index >= 15 is 0 Å². The Labute approximate surface area is 208 Å². The fourth-order valence-corrected chi connectivity index (χ4v) is 5.65. The summed E-state index contributed by atoms with van der Waals surface area (Å²) in [4.78, 5) is 20.3. The van der Waals surface area contributed by atoms with E-state index in [0.29, 0.717) is 37.9 Å².